The molecule has 2 fully saturated rings. The molecule has 0 amide bonds. The first-order chi connectivity index (χ1) is 8.19. The van der Waals surface area contributed by atoms with Crippen molar-refractivity contribution < 1.29 is 9.90 Å². The van der Waals surface area contributed by atoms with Gasteiger partial charge in [-0.15, -0.1) is 0 Å². The van der Waals surface area contributed by atoms with Crippen LogP contribution in [0.5, 0.6) is 0 Å². The predicted molar refractivity (Wildman–Crippen MR) is 68.9 cm³/mol. The fourth-order valence-electron chi connectivity index (χ4n) is 4.10. The van der Waals surface area contributed by atoms with Gasteiger partial charge in [-0.3, -0.25) is 4.79 Å². The lowest BCUT2D eigenvalue weighted by Gasteiger charge is -2.43. The normalized spacial score (nSPS) is 33.2. The van der Waals surface area contributed by atoms with E-state index in [2.05, 4.69) is 6.92 Å². The van der Waals surface area contributed by atoms with Crippen LogP contribution in [0.25, 0.3) is 0 Å². The molecular weight excluding hydrogens is 212 g/mol. The van der Waals surface area contributed by atoms with Crippen molar-refractivity contribution in [1.82, 2.24) is 0 Å². The standard InChI is InChI=1S/C15H26O2/c1-2-12-6-8-13(9-7-12)15(14(16)17)10-4-3-5-11-15/h12-13H,2-11H2,1H3,(H,16,17)/t12-,13-. The van der Waals surface area contributed by atoms with Crippen molar-refractivity contribution in [3.63, 3.8) is 0 Å². The smallest absolute Gasteiger partial charge is 0.309 e. The number of aliphatic carboxylic acids is 1. The molecule has 0 atom stereocenters. The minimum atomic E-state index is -0.503. The summed E-state index contributed by atoms with van der Waals surface area (Å²) in [6.45, 7) is 2.26. The molecule has 0 bridgehead atoms. The van der Waals surface area contributed by atoms with Gasteiger partial charge in [0.25, 0.3) is 0 Å². The van der Waals surface area contributed by atoms with Crippen LogP contribution < -0.4 is 0 Å². The van der Waals surface area contributed by atoms with Gasteiger partial charge in [-0.05, 0) is 37.5 Å². The topological polar surface area (TPSA) is 37.3 Å². The highest BCUT2D eigenvalue weighted by molar-refractivity contribution is 5.75. The van der Waals surface area contributed by atoms with Gasteiger partial charge in [0, 0.05) is 0 Å². The SMILES string of the molecule is CC[C@H]1CC[C@H](C2(C(=O)O)CCCCC2)CC1. The second-order valence-electron chi connectivity index (χ2n) is 6.15. The largest absolute Gasteiger partial charge is 0.481 e. The molecule has 0 aromatic rings. The number of carboxylic acid groups (broad SMARTS) is 1. The molecule has 17 heavy (non-hydrogen) atoms. The van der Waals surface area contributed by atoms with Crippen LogP contribution in [0, 0.1) is 17.3 Å². The van der Waals surface area contributed by atoms with Crippen molar-refractivity contribution in [2.75, 3.05) is 0 Å². The van der Waals surface area contributed by atoms with E-state index in [-0.39, 0.29) is 5.41 Å². The van der Waals surface area contributed by atoms with Crippen molar-refractivity contribution >= 4 is 5.97 Å². The first-order valence-corrected chi connectivity index (χ1v) is 7.42. The third-order valence-corrected chi connectivity index (χ3v) is 5.38. The Morgan fingerprint density at radius 2 is 1.71 bits per heavy atom. The summed E-state index contributed by atoms with van der Waals surface area (Å²) in [5.41, 5.74) is -0.350. The summed E-state index contributed by atoms with van der Waals surface area (Å²) in [5, 5.41) is 9.66. The average molecular weight is 238 g/mol. The van der Waals surface area contributed by atoms with E-state index in [0.29, 0.717) is 5.92 Å². The van der Waals surface area contributed by atoms with E-state index >= 15 is 0 Å². The highest BCUT2D eigenvalue weighted by Gasteiger charge is 2.46. The molecule has 2 nitrogen and oxygen atoms in total. The first kappa shape index (κ1) is 12.9. The summed E-state index contributed by atoms with van der Waals surface area (Å²) >= 11 is 0. The first-order valence-electron chi connectivity index (χ1n) is 7.42. The molecule has 1 N–H and O–H groups in total. The van der Waals surface area contributed by atoms with Gasteiger partial charge in [0.15, 0.2) is 0 Å². The lowest BCUT2D eigenvalue weighted by molar-refractivity contribution is -0.156. The number of carbonyl (C=O) groups is 1. The molecule has 2 saturated carbocycles. The summed E-state index contributed by atoms with van der Waals surface area (Å²) in [7, 11) is 0. The molecule has 0 radical (unpaired) electrons. The van der Waals surface area contributed by atoms with Gasteiger partial charge in [0.05, 0.1) is 5.41 Å². The van der Waals surface area contributed by atoms with Crippen LogP contribution in [0.4, 0.5) is 0 Å². The summed E-state index contributed by atoms with van der Waals surface area (Å²) in [4.78, 5) is 11.7. The van der Waals surface area contributed by atoms with E-state index in [9.17, 15) is 9.90 Å². The second-order valence-corrected chi connectivity index (χ2v) is 6.15. The van der Waals surface area contributed by atoms with Crippen LogP contribution >= 0.6 is 0 Å². The summed E-state index contributed by atoms with van der Waals surface area (Å²) in [6.07, 6.45) is 11.5. The third-order valence-electron chi connectivity index (χ3n) is 5.38. The molecule has 2 aliphatic rings. The van der Waals surface area contributed by atoms with Crippen LogP contribution in [-0.4, -0.2) is 11.1 Å². The Hall–Kier alpha value is -0.530. The summed E-state index contributed by atoms with van der Waals surface area (Å²) in [6, 6.07) is 0. The highest BCUT2D eigenvalue weighted by atomic mass is 16.4. The molecule has 0 heterocycles. The molecule has 2 heteroatoms. The van der Waals surface area contributed by atoms with Crippen LogP contribution in [0.2, 0.25) is 0 Å². The maximum atomic E-state index is 11.7. The van der Waals surface area contributed by atoms with Crippen molar-refractivity contribution in [3.8, 4) is 0 Å². The second kappa shape index (κ2) is 5.41. The average Bonchev–Trinajstić information content (AvgIpc) is 2.39. The number of carboxylic acids is 1. The monoisotopic (exact) mass is 238 g/mol. The van der Waals surface area contributed by atoms with E-state index < -0.39 is 5.97 Å². The van der Waals surface area contributed by atoms with E-state index in [1.54, 1.807) is 0 Å². The maximum Gasteiger partial charge on any atom is 0.309 e. The van der Waals surface area contributed by atoms with Crippen LogP contribution in [-0.2, 0) is 4.79 Å². The Morgan fingerprint density at radius 3 is 2.18 bits per heavy atom. The summed E-state index contributed by atoms with van der Waals surface area (Å²) < 4.78 is 0. The number of hydrogen-bond donors (Lipinski definition) is 1. The summed E-state index contributed by atoms with van der Waals surface area (Å²) in [5.74, 6) is 0.820. The maximum absolute atomic E-state index is 11.7. The van der Waals surface area contributed by atoms with Gasteiger partial charge < -0.3 is 5.11 Å². The van der Waals surface area contributed by atoms with Crippen molar-refractivity contribution in [2.45, 2.75) is 71.1 Å². The van der Waals surface area contributed by atoms with E-state index in [0.717, 1.165) is 44.4 Å². The van der Waals surface area contributed by atoms with Gasteiger partial charge in [0.2, 0.25) is 0 Å². The minimum Gasteiger partial charge on any atom is -0.481 e. The third kappa shape index (κ3) is 2.51. The van der Waals surface area contributed by atoms with Gasteiger partial charge in [-0.25, -0.2) is 0 Å². The predicted octanol–water partition coefficient (Wildman–Crippen LogP) is 4.24. The van der Waals surface area contributed by atoms with E-state index in [1.165, 1.54) is 25.7 Å². The van der Waals surface area contributed by atoms with Gasteiger partial charge in [-0.1, -0.05) is 45.4 Å². The molecule has 0 aliphatic heterocycles. The highest BCUT2D eigenvalue weighted by Crippen LogP contribution is 2.49. The fraction of sp³-hybridized carbons (Fsp3) is 0.933. The van der Waals surface area contributed by atoms with Gasteiger partial charge in [0.1, 0.15) is 0 Å². The Labute approximate surface area is 105 Å². The Bertz CT molecular complexity index is 258. The lowest BCUT2D eigenvalue weighted by atomic mass is 9.60. The van der Waals surface area contributed by atoms with Gasteiger partial charge in [-0.2, -0.15) is 0 Å². The molecule has 0 unspecified atom stereocenters. The Balaban J connectivity index is 2.04. The molecule has 0 spiro atoms. The molecule has 2 rings (SSSR count). The molecule has 2 aliphatic carbocycles. The zero-order valence-electron chi connectivity index (χ0n) is 11.1. The molecule has 0 saturated heterocycles. The fourth-order valence-corrected chi connectivity index (χ4v) is 4.10. The lowest BCUT2D eigenvalue weighted by Crippen LogP contribution is -2.42. The molecule has 98 valence electrons. The molecule has 0 aromatic heterocycles. The van der Waals surface area contributed by atoms with Crippen LogP contribution in [0.3, 0.4) is 0 Å². The van der Waals surface area contributed by atoms with Crippen LogP contribution in [0.1, 0.15) is 71.1 Å². The van der Waals surface area contributed by atoms with Gasteiger partial charge >= 0.3 is 5.97 Å². The Kier molecular flexibility index (Phi) is 4.11. The number of hydrogen-bond acceptors (Lipinski definition) is 1. The Morgan fingerprint density at radius 1 is 1.12 bits per heavy atom. The van der Waals surface area contributed by atoms with Crippen molar-refractivity contribution in [2.24, 2.45) is 17.3 Å². The number of rotatable bonds is 3. The van der Waals surface area contributed by atoms with E-state index in [1.807, 2.05) is 0 Å². The van der Waals surface area contributed by atoms with E-state index in [4.69, 9.17) is 0 Å². The van der Waals surface area contributed by atoms with Crippen LogP contribution in [0.15, 0.2) is 0 Å². The zero-order chi connectivity index (χ0) is 12.3. The quantitative estimate of drug-likeness (QED) is 0.798. The van der Waals surface area contributed by atoms with Crippen molar-refractivity contribution in [3.05, 3.63) is 0 Å². The minimum absolute atomic E-state index is 0.350. The molecular formula is C15H26O2. The van der Waals surface area contributed by atoms with Crippen molar-refractivity contribution in [1.29, 1.82) is 0 Å². The zero-order valence-corrected chi connectivity index (χ0v) is 11.1. The molecule has 0 aromatic carbocycles.